The number of β-lactam (4-membered cyclic amide) rings is 1. The van der Waals surface area contributed by atoms with Crippen molar-refractivity contribution >= 4 is 80.9 Å². The average Bonchev–Trinajstić information content (AvgIpc) is 2.98. The first-order valence-electron chi connectivity index (χ1n) is 7.97. The summed E-state index contributed by atoms with van der Waals surface area (Å²) in [6.07, 6.45) is 3.12. The van der Waals surface area contributed by atoms with E-state index in [1.165, 1.54) is 11.0 Å². The van der Waals surface area contributed by atoms with Crippen molar-refractivity contribution < 1.29 is 27.4 Å². The molecule has 0 spiro atoms. The number of alkyl halides is 1. The molecule has 0 saturated carbocycles. The van der Waals surface area contributed by atoms with E-state index in [0.717, 1.165) is 0 Å². The number of hydrogen-bond donors (Lipinski definition) is 2. The van der Waals surface area contributed by atoms with Gasteiger partial charge in [0.15, 0.2) is 0 Å². The van der Waals surface area contributed by atoms with Crippen LogP contribution in [0, 0.1) is 0 Å². The fourth-order valence-electron chi connectivity index (χ4n) is 3.20. The summed E-state index contributed by atoms with van der Waals surface area (Å²) in [5.74, 6) is -1.71. The van der Waals surface area contributed by atoms with Crippen molar-refractivity contribution in [2.45, 2.75) is 18.5 Å². The fraction of sp³-hybridized carbons (Fsp3) is 0.312. The van der Waals surface area contributed by atoms with Gasteiger partial charge in [0, 0.05) is 18.3 Å². The van der Waals surface area contributed by atoms with Crippen LogP contribution in [0.1, 0.15) is 12.0 Å². The number of fused-ring (bicyclic) bond motifs is 1. The van der Waals surface area contributed by atoms with Crippen molar-refractivity contribution in [2.75, 3.05) is 17.7 Å². The molecule has 0 unspecified atom stereocenters. The molecule has 2 N–H and O–H groups in total. The third kappa shape index (κ3) is 4.58. The number of hydrogen-bond acceptors (Lipinski definition) is 5. The van der Waals surface area contributed by atoms with E-state index in [2.05, 4.69) is 5.32 Å². The second-order valence-electron chi connectivity index (χ2n) is 6.08. The third-order valence-electron chi connectivity index (χ3n) is 4.40. The van der Waals surface area contributed by atoms with Gasteiger partial charge in [0.2, 0.25) is 11.8 Å². The Hall–Kier alpha value is -1.43. The monoisotopic (exact) mass is 437 g/mol. The van der Waals surface area contributed by atoms with Crippen LogP contribution in [0.2, 0.25) is 0 Å². The van der Waals surface area contributed by atoms with Crippen LogP contribution in [0.25, 0.3) is 6.08 Å². The first kappa shape index (κ1) is 22.9. The van der Waals surface area contributed by atoms with Gasteiger partial charge in [-0.25, -0.2) is 4.31 Å². The average molecular weight is 438 g/mol. The molecule has 1 aromatic rings. The molecule has 12 heteroatoms. The van der Waals surface area contributed by atoms with E-state index < -0.39 is 34.2 Å². The second kappa shape index (κ2) is 8.93. The van der Waals surface area contributed by atoms with Gasteiger partial charge in [-0.2, -0.15) is 8.42 Å². The number of halogens is 1. The molecule has 2 aliphatic heterocycles. The molecular formula is C16H17ClN3NaO6S. The molecule has 146 valence electrons. The molecule has 2 fully saturated rings. The Labute approximate surface area is 188 Å². The van der Waals surface area contributed by atoms with Crippen LogP contribution in [0.15, 0.2) is 30.3 Å². The van der Waals surface area contributed by atoms with Crippen LogP contribution in [0.5, 0.6) is 0 Å². The Morgan fingerprint density at radius 2 is 1.93 bits per heavy atom. The molecule has 2 atom stereocenters. The molecule has 2 aliphatic rings. The molecule has 3 amide bonds. The standard InChI is InChI=1S/C16H16ClN3O6S.Na.H/c17-9-13(21)18-11-4-1-10(2-5-11)3-6-14(22)19-8-7-12-15(19)16(23)20(12)27(24,25)26;;/h1-6,12,15H,7-9H2,(H,18,21)(H,24,25,26);;/b6-3+;;/t12-,15+;;/m1../s1. The van der Waals surface area contributed by atoms with Crippen molar-refractivity contribution in [3.05, 3.63) is 35.9 Å². The first-order valence-corrected chi connectivity index (χ1v) is 9.91. The van der Waals surface area contributed by atoms with Crippen molar-refractivity contribution in [3.63, 3.8) is 0 Å². The summed E-state index contributed by atoms with van der Waals surface area (Å²) < 4.78 is 31.8. The summed E-state index contributed by atoms with van der Waals surface area (Å²) in [7, 11) is -4.60. The maximum atomic E-state index is 12.3. The van der Waals surface area contributed by atoms with Crippen LogP contribution in [0.4, 0.5) is 5.69 Å². The molecule has 3 rings (SSSR count). The SMILES string of the molecule is O=C(CCl)Nc1ccc(/C=C/C(=O)N2CC[C@@H]3[C@H]2C(=O)N3S(=O)(=O)O)cc1.[NaH]. The van der Waals surface area contributed by atoms with Crippen molar-refractivity contribution in [1.82, 2.24) is 9.21 Å². The zero-order valence-electron chi connectivity index (χ0n) is 13.9. The normalized spacial score (nSPS) is 21.1. The van der Waals surface area contributed by atoms with Crippen LogP contribution in [-0.4, -0.2) is 94.0 Å². The zero-order valence-corrected chi connectivity index (χ0v) is 15.5. The van der Waals surface area contributed by atoms with Gasteiger partial charge in [0.05, 0.1) is 6.04 Å². The van der Waals surface area contributed by atoms with Crippen molar-refractivity contribution in [3.8, 4) is 0 Å². The summed E-state index contributed by atoms with van der Waals surface area (Å²) in [5, 5.41) is 2.59. The zero-order chi connectivity index (χ0) is 19.8. The van der Waals surface area contributed by atoms with E-state index in [-0.39, 0.29) is 54.3 Å². The number of carbonyl (C=O) groups excluding carboxylic acids is 3. The summed E-state index contributed by atoms with van der Waals surface area (Å²) in [5.41, 5.74) is 1.26. The van der Waals surface area contributed by atoms with Gasteiger partial charge in [-0.05, 0) is 30.2 Å². The van der Waals surface area contributed by atoms with Crippen LogP contribution < -0.4 is 5.32 Å². The van der Waals surface area contributed by atoms with E-state index >= 15 is 0 Å². The molecule has 0 radical (unpaired) electrons. The van der Waals surface area contributed by atoms with Gasteiger partial charge >= 0.3 is 39.9 Å². The predicted octanol–water partition coefficient (Wildman–Crippen LogP) is -0.157. The van der Waals surface area contributed by atoms with E-state index in [9.17, 15) is 22.8 Å². The summed E-state index contributed by atoms with van der Waals surface area (Å²) in [6.45, 7) is 0.222. The Morgan fingerprint density at radius 3 is 2.50 bits per heavy atom. The fourth-order valence-corrected chi connectivity index (χ4v) is 4.16. The molecule has 0 aromatic heterocycles. The van der Waals surface area contributed by atoms with E-state index in [1.54, 1.807) is 30.3 Å². The van der Waals surface area contributed by atoms with Crippen LogP contribution in [0.3, 0.4) is 0 Å². The predicted molar refractivity (Wildman–Crippen MR) is 104 cm³/mol. The van der Waals surface area contributed by atoms with Gasteiger partial charge < -0.3 is 10.2 Å². The summed E-state index contributed by atoms with van der Waals surface area (Å²) in [4.78, 5) is 36.8. The third-order valence-corrected chi connectivity index (χ3v) is 5.59. The number of benzene rings is 1. The van der Waals surface area contributed by atoms with Crippen molar-refractivity contribution in [2.24, 2.45) is 0 Å². The molecule has 0 aliphatic carbocycles. The van der Waals surface area contributed by atoms with E-state index in [0.29, 0.717) is 15.6 Å². The molecule has 2 saturated heterocycles. The molecule has 0 bridgehead atoms. The molecule has 9 nitrogen and oxygen atoms in total. The van der Waals surface area contributed by atoms with Gasteiger partial charge in [-0.1, -0.05) is 12.1 Å². The number of amides is 3. The van der Waals surface area contributed by atoms with Gasteiger partial charge in [0.1, 0.15) is 11.9 Å². The Kier molecular flexibility index (Phi) is 7.29. The molecule has 28 heavy (non-hydrogen) atoms. The minimum absolute atomic E-state index is 0. The molecule has 1 aromatic carbocycles. The summed E-state index contributed by atoms with van der Waals surface area (Å²) >= 11 is 5.41. The summed E-state index contributed by atoms with van der Waals surface area (Å²) in [6, 6.07) is 5.11. The molecular weight excluding hydrogens is 421 g/mol. The van der Waals surface area contributed by atoms with Crippen LogP contribution >= 0.6 is 11.6 Å². The van der Waals surface area contributed by atoms with E-state index in [4.69, 9.17) is 16.2 Å². The van der Waals surface area contributed by atoms with Gasteiger partial charge in [0.25, 0.3) is 5.91 Å². The van der Waals surface area contributed by atoms with Crippen LogP contribution in [-0.2, 0) is 24.7 Å². The Balaban J connectivity index is 0.00000280. The number of rotatable bonds is 5. The minimum atomic E-state index is -4.60. The topological polar surface area (TPSA) is 124 Å². The van der Waals surface area contributed by atoms with Gasteiger partial charge in [-0.15, -0.1) is 11.6 Å². The maximum absolute atomic E-state index is 12.3. The van der Waals surface area contributed by atoms with E-state index in [1.807, 2.05) is 0 Å². The number of carbonyl (C=O) groups is 3. The Morgan fingerprint density at radius 1 is 1.29 bits per heavy atom. The number of likely N-dealkylation sites (tertiary alicyclic amines) is 1. The number of anilines is 1. The number of nitrogens with one attached hydrogen (secondary N) is 1. The first-order chi connectivity index (χ1) is 12.7. The molecule has 2 heterocycles. The van der Waals surface area contributed by atoms with Crippen molar-refractivity contribution in [1.29, 1.82) is 0 Å². The Bertz CT molecular complexity index is 921. The number of nitrogens with zero attached hydrogens (tertiary/aromatic N) is 2. The van der Waals surface area contributed by atoms with Gasteiger partial charge in [-0.3, -0.25) is 18.9 Å². The second-order valence-corrected chi connectivity index (χ2v) is 7.64. The quantitative estimate of drug-likeness (QED) is 0.217.